The lowest BCUT2D eigenvalue weighted by Crippen LogP contribution is -2.50. The molecule has 19 heavy (non-hydrogen) atoms. The van der Waals surface area contributed by atoms with Crippen molar-refractivity contribution in [1.82, 2.24) is 5.32 Å². The molecule has 1 aliphatic carbocycles. The van der Waals surface area contributed by atoms with Crippen molar-refractivity contribution in [2.45, 2.75) is 24.9 Å². The van der Waals surface area contributed by atoms with E-state index in [0.717, 1.165) is 12.8 Å². The zero-order valence-electron chi connectivity index (χ0n) is 10.5. The summed E-state index contributed by atoms with van der Waals surface area (Å²) in [6, 6.07) is 4.42. The van der Waals surface area contributed by atoms with Crippen LogP contribution >= 0.6 is 0 Å². The Morgan fingerprint density at radius 2 is 2.21 bits per heavy atom. The maximum atomic E-state index is 12.1. The molecule has 7 nitrogen and oxygen atoms in total. The van der Waals surface area contributed by atoms with E-state index in [1.54, 1.807) is 0 Å². The fourth-order valence-electron chi connectivity index (χ4n) is 2.10. The number of hydrogen-bond acceptors (Lipinski definition) is 5. The Morgan fingerprint density at radius 1 is 1.53 bits per heavy atom. The van der Waals surface area contributed by atoms with Gasteiger partial charge in [-0.3, -0.25) is 14.9 Å². The molecule has 3 N–H and O–H groups in total. The van der Waals surface area contributed by atoms with E-state index in [4.69, 9.17) is 10.5 Å². The van der Waals surface area contributed by atoms with Gasteiger partial charge in [0.25, 0.3) is 5.91 Å². The first kappa shape index (κ1) is 13.3. The number of rotatable bonds is 4. The monoisotopic (exact) mass is 265 g/mol. The molecule has 0 heterocycles. The number of carbonyl (C=O) groups excluding carboxylic acids is 1. The molecule has 0 aromatic heterocycles. The predicted molar refractivity (Wildman–Crippen MR) is 68.1 cm³/mol. The van der Waals surface area contributed by atoms with Crippen LogP contribution in [0.4, 0.5) is 5.69 Å². The van der Waals surface area contributed by atoms with Crippen LogP contribution in [0.15, 0.2) is 18.2 Å². The van der Waals surface area contributed by atoms with Crippen molar-refractivity contribution in [2.24, 2.45) is 5.73 Å². The highest BCUT2D eigenvalue weighted by Gasteiger charge is 2.29. The quantitative estimate of drug-likeness (QED) is 0.619. The van der Waals surface area contributed by atoms with Crippen LogP contribution in [0, 0.1) is 10.1 Å². The molecule has 1 aromatic carbocycles. The molecular weight excluding hydrogens is 250 g/mol. The number of para-hydroxylation sites is 1. The predicted octanol–water partition coefficient (Wildman–Crippen LogP) is 0.823. The van der Waals surface area contributed by atoms with E-state index in [0.29, 0.717) is 0 Å². The van der Waals surface area contributed by atoms with Gasteiger partial charge in [0, 0.05) is 18.2 Å². The van der Waals surface area contributed by atoms with Gasteiger partial charge in [0.05, 0.1) is 17.6 Å². The molecule has 0 unspecified atom stereocenters. The molecule has 0 atom stereocenters. The number of hydrogen-bond donors (Lipinski definition) is 2. The van der Waals surface area contributed by atoms with Gasteiger partial charge in [-0.15, -0.1) is 0 Å². The molecule has 1 fully saturated rings. The van der Waals surface area contributed by atoms with Gasteiger partial charge in [0.15, 0.2) is 0 Å². The molecule has 0 saturated heterocycles. The van der Waals surface area contributed by atoms with Crippen LogP contribution in [0.3, 0.4) is 0 Å². The Morgan fingerprint density at radius 3 is 2.74 bits per heavy atom. The SMILES string of the molecule is COc1c(C(=O)NC2CC(N)C2)cccc1[N+](=O)[O-]. The van der Waals surface area contributed by atoms with Crippen molar-refractivity contribution in [1.29, 1.82) is 0 Å². The van der Waals surface area contributed by atoms with Crippen molar-refractivity contribution in [3.63, 3.8) is 0 Å². The molecule has 1 saturated carbocycles. The lowest BCUT2D eigenvalue weighted by atomic mass is 9.87. The van der Waals surface area contributed by atoms with Crippen LogP contribution in [0.25, 0.3) is 0 Å². The van der Waals surface area contributed by atoms with Crippen molar-refractivity contribution in [3.05, 3.63) is 33.9 Å². The number of nitro benzene ring substituents is 1. The summed E-state index contributed by atoms with van der Waals surface area (Å²) in [7, 11) is 1.30. The minimum atomic E-state index is -0.575. The number of nitrogens with one attached hydrogen (secondary N) is 1. The molecule has 0 bridgehead atoms. The van der Waals surface area contributed by atoms with Crippen molar-refractivity contribution >= 4 is 11.6 Å². The minimum absolute atomic E-state index is 0.0198. The van der Waals surface area contributed by atoms with Crippen molar-refractivity contribution < 1.29 is 14.5 Å². The summed E-state index contributed by atoms with van der Waals surface area (Å²) in [5.74, 6) is -0.397. The maximum absolute atomic E-state index is 12.1. The highest BCUT2D eigenvalue weighted by Crippen LogP contribution is 2.31. The van der Waals surface area contributed by atoms with E-state index >= 15 is 0 Å². The Bertz CT molecular complexity index is 512. The highest BCUT2D eigenvalue weighted by atomic mass is 16.6. The highest BCUT2D eigenvalue weighted by molar-refractivity contribution is 5.98. The Kier molecular flexibility index (Phi) is 3.66. The van der Waals surface area contributed by atoms with Crippen LogP contribution in [0.2, 0.25) is 0 Å². The van der Waals surface area contributed by atoms with Gasteiger partial charge in [0.1, 0.15) is 0 Å². The standard InChI is InChI=1S/C12H15N3O4/c1-19-11-9(3-2-4-10(11)15(17)18)12(16)14-8-5-7(13)6-8/h2-4,7-8H,5-6,13H2,1H3,(H,14,16). The van der Waals surface area contributed by atoms with Gasteiger partial charge < -0.3 is 15.8 Å². The van der Waals surface area contributed by atoms with Crippen molar-refractivity contribution in [3.8, 4) is 5.75 Å². The van der Waals surface area contributed by atoms with Gasteiger partial charge >= 0.3 is 5.69 Å². The van der Waals surface area contributed by atoms with Crippen LogP contribution < -0.4 is 15.8 Å². The fourth-order valence-corrected chi connectivity index (χ4v) is 2.10. The number of methoxy groups -OCH3 is 1. The number of ether oxygens (including phenoxy) is 1. The van der Waals surface area contributed by atoms with E-state index < -0.39 is 4.92 Å². The average molecular weight is 265 g/mol. The lowest BCUT2D eigenvalue weighted by Gasteiger charge is -2.33. The zero-order valence-corrected chi connectivity index (χ0v) is 10.5. The molecule has 7 heteroatoms. The molecule has 2 rings (SSSR count). The topological polar surface area (TPSA) is 107 Å². The molecule has 102 valence electrons. The normalized spacial score (nSPS) is 21.4. The van der Waals surface area contributed by atoms with E-state index in [9.17, 15) is 14.9 Å². The second-order valence-corrected chi connectivity index (χ2v) is 4.52. The average Bonchev–Trinajstić information content (AvgIpc) is 2.35. The Hall–Kier alpha value is -2.15. The number of carbonyl (C=O) groups is 1. The Balaban J connectivity index is 2.21. The van der Waals surface area contributed by atoms with Gasteiger partial charge in [-0.1, -0.05) is 6.07 Å². The van der Waals surface area contributed by atoms with Gasteiger partial charge in [-0.25, -0.2) is 0 Å². The van der Waals surface area contributed by atoms with Gasteiger partial charge in [-0.2, -0.15) is 0 Å². The third kappa shape index (κ3) is 2.65. The van der Waals surface area contributed by atoms with Crippen molar-refractivity contribution in [2.75, 3.05) is 7.11 Å². The number of amides is 1. The maximum Gasteiger partial charge on any atom is 0.311 e. The second kappa shape index (κ2) is 5.23. The fraction of sp³-hybridized carbons (Fsp3) is 0.417. The first-order valence-electron chi connectivity index (χ1n) is 5.90. The second-order valence-electron chi connectivity index (χ2n) is 4.52. The summed E-state index contributed by atoms with van der Waals surface area (Å²) in [6.07, 6.45) is 1.45. The number of nitrogens with zero attached hydrogens (tertiary/aromatic N) is 1. The van der Waals surface area contributed by atoms with Crippen LogP contribution in [-0.2, 0) is 0 Å². The molecule has 0 radical (unpaired) electrons. The van der Waals surface area contributed by atoms with E-state index in [2.05, 4.69) is 5.32 Å². The van der Waals surface area contributed by atoms with E-state index in [-0.39, 0.29) is 35.0 Å². The third-order valence-electron chi connectivity index (χ3n) is 3.15. The van der Waals surface area contributed by atoms with Gasteiger partial charge in [0.2, 0.25) is 5.75 Å². The Labute approximate surface area is 109 Å². The summed E-state index contributed by atoms with van der Waals surface area (Å²) in [6.45, 7) is 0. The molecule has 1 aliphatic rings. The molecule has 0 spiro atoms. The third-order valence-corrected chi connectivity index (χ3v) is 3.15. The zero-order chi connectivity index (χ0) is 14.0. The molecule has 0 aliphatic heterocycles. The van der Waals surface area contributed by atoms with E-state index in [1.807, 2.05) is 0 Å². The summed E-state index contributed by atoms with van der Waals surface area (Å²) in [5, 5.41) is 13.6. The molecular formula is C12H15N3O4. The lowest BCUT2D eigenvalue weighted by molar-refractivity contribution is -0.385. The summed E-state index contributed by atoms with van der Waals surface area (Å²) in [5.41, 5.74) is 5.58. The summed E-state index contributed by atoms with van der Waals surface area (Å²) >= 11 is 0. The number of nitrogens with two attached hydrogens (primary N) is 1. The number of benzene rings is 1. The van der Waals surface area contributed by atoms with E-state index in [1.165, 1.54) is 25.3 Å². The summed E-state index contributed by atoms with van der Waals surface area (Å²) in [4.78, 5) is 22.3. The van der Waals surface area contributed by atoms with Crippen LogP contribution in [0.5, 0.6) is 5.75 Å². The summed E-state index contributed by atoms with van der Waals surface area (Å²) < 4.78 is 4.99. The first-order valence-corrected chi connectivity index (χ1v) is 5.90. The largest absolute Gasteiger partial charge is 0.490 e. The minimum Gasteiger partial charge on any atom is -0.490 e. The smallest absolute Gasteiger partial charge is 0.311 e. The van der Waals surface area contributed by atoms with Crippen LogP contribution in [0.1, 0.15) is 23.2 Å². The van der Waals surface area contributed by atoms with Crippen LogP contribution in [-0.4, -0.2) is 30.0 Å². The number of nitro groups is 1. The molecule has 1 amide bonds. The molecule has 1 aromatic rings. The van der Waals surface area contributed by atoms with Gasteiger partial charge in [-0.05, 0) is 18.9 Å². The first-order chi connectivity index (χ1) is 9.02.